The second-order valence-electron chi connectivity index (χ2n) is 7.32. The van der Waals surface area contributed by atoms with Crippen molar-refractivity contribution < 1.29 is 14.3 Å². The highest BCUT2D eigenvalue weighted by Gasteiger charge is 2.33. The van der Waals surface area contributed by atoms with Gasteiger partial charge in [-0.1, -0.05) is 31.5 Å². The Balaban J connectivity index is 1.82. The number of carbonyl (C=O) groups excluding carboxylic acids is 2. The zero-order valence-corrected chi connectivity index (χ0v) is 17.3. The van der Waals surface area contributed by atoms with Crippen LogP contribution >= 0.6 is 11.6 Å². The third-order valence-electron chi connectivity index (χ3n) is 4.52. The summed E-state index contributed by atoms with van der Waals surface area (Å²) in [6, 6.07) is 8.54. The summed E-state index contributed by atoms with van der Waals surface area (Å²) in [6.45, 7) is 9.01. The monoisotopic (exact) mass is 401 g/mol. The van der Waals surface area contributed by atoms with Crippen LogP contribution in [-0.2, 0) is 4.74 Å². The van der Waals surface area contributed by atoms with Gasteiger partial charge in [0, 0.05) is 35.1 Å². The molecule has 6 nitrogen and oxygen atoms in total. The number of pyridine rings is 1. The number of aryl methyl sites for hydroxylation is 1. The molecule has 0 N–H and O–H groups in total. The van der Waals surface area contributed by atoms with Crippen LogP contribution in [0.1, 0.15) is 35.5 Å². The molecule has 1 fully saturated rings. The van der Waals surface area contributed by atoms with Gasteiger partial charge in [-0.2, -0.15) is 0 Å². The SMILES string of the molecule is Cc1cc(Cl)c(C)c(N2CCN(c3cccc(C(=O)OCC(C)C)c3)C2=O)n1. The Hall–Kier alpha value is -2.60. The van der Waals surface area contributed by atoms with E-state index >= 15 is 0 Å². The number of anilines is 2. The van der Waals surface area contributed by atoms with Gasteiger partial charge in [-0.15, -0.1) is 0 Å². The van der Waals surface area contributed by atoms with Crippen molar-refractivity contribution in [2.75, 3.05) is 29.5 Å². The van der Waals surface area contributed by atoms with E-state index in [-0.39, 0.29) is 17.9 Å². The standard InChI is InChI=1S/C21H24ClN3O3/c1-13(2)12-28-20(26)16-6-5-7-17(11-16)24-8-9-25(21(24)27)19-15(4)18(22)10-14(3)23-19/h5-7,10-11,13H,8-9,12H2,1-4H3. The number of ether oxygens (including phenoxy) is 1. The van der Waals surface area contributed by atoms with Gasteiger partial charge in [0.1, 0.15) is 5.82 Å². The van der Waals surface area contributed by atoms with Crippen molar-refractivity contribution in [3.8, 4) is 0 Å². The largest absolute Gasteiger partial charge is 0.462 e. The van der Waals surface area contributed by atoms with Crippen molar-refractivity contribution in [2.24, 2.45) is 5.92 Å². The lowest BCUT2D eigenvalue weighted by Gasteiger charge is -2.20. The number of carbonyl (C=O) groups is 2. The Labute approximate surface area is 170 Å². The number of urea groups is 1. The molecule has 0 unspecified atom stereocenters. The summed E-state index contributed by atoms with van der Waals surface area (Å²) in [6.07, 6.45) is 0. The molecule has 0 saturated carbocycles. The first-order valence-electron chi connectivity index (χ1n) is 9.28. The van der Waals surface area contributed by atoms with Crippen LogP contribution < -0.4 is 9.80 Å². The molecule has 1 aromatic heterocycles. The van der Waals surface area contributed by atoms with Crippen LogP contribution in [0.3, 0.4) is 0 Å². The molecule has 1 saturated heterocycles. The summed E-state index contributed by atoms with van der Waals surface area (Å²) in [4.78, 5) is 33.0. The average molecular weight is 402 g/mol. The van der Waals surface area contributed by atoms with Crippen molar-refractivity contribution in [2.45, 2.75) is 27.7 Å². The van der Waals surface area contributed by atoms with Gasteiger partial charge in [0.2, 0.25) is 0 Å². The zero-order valence-electron chi connectivity index (χ0n) is 16.5. The lowest BCUT2D eigenvalue weighted by atomic mass is 10.2. The topological polar surface area (TPSA) is 62.7 Å². The Morgan fingerprint density at radius 1 is 1.21 bits per heavy atom. The number of rotatable bonds is 5. The highest BCUT2D eigenvalue weighted by molar-refractivity contribution is 6.31. The van der Waals surface area contributed by atoms with E-state index in [1.165, 1.54) is 0 Å². The Morgan fingerprint density at radius 2 is 1.93 bits per heavy atom. The van der Waals surface area contributed by atoms with Gasteiger partial charge >= 0.3 is 12.0 Å². The molecule has 2 aromatic rings. The molecule has 1 aromatic carbocycles. The minimum Gasteiger partial charge on any atom is -0.462 e. The van der Waals surface area contributed by atoms with Crippen LogP contribution in [0.25, 0.3) is 0 Å². The normalized spacial score (nSPS) is 14.1. The maximum absolute atomic E-state index is 13.0. The van der Waals surface area contributed by atoms with E-state index in [0.29, 0.717) is 41.8 Å². The van der Waals surface area contributed by atoms with Crippen LogP contribution in [0.2, 0.25) is 5.02 Å². The number of halogens is 1. The first-order valence-corrected chi connectivity index (χ1v) is 9.65. The number of nitrogens with zero attached hydrogens (tertiary/aromatic N) is 3. The number of aromatic nitrogens is 1. The van der Waals surface area contributed by atoms with E-state index < -0.39 is 0 Å². The predicted octanol–water partition coefficient (Wildman–Crippen LogP) is 4.61. The Bertz CT molecular complexity index is 914. The minimum absolute atomic E-state index is 0.190. The zero-order chi connectivity index (χ0) is 20.4. The van der Waals surface area contributed by atoms with E-state index in [0.717, 1.165) is 11.3 Å². The molecule has 0 radical (unpaired) electrons. The lowest BCUT2D eigenvalue weighted by Crippen LogP contribution is -2.33. The van der Waals surface area contributed by atoms with Gasteiger partial charge in [0.15, 0.2) is 0 Å². The first-order chi connectivity index (χ1) is 13.3. The first kappa shape index (κ1) is 20.1. The van der Waals surface area contributed by atoms with E-state index in [9.17, 15) is 9.59 Å². The van der Waals surface area contributed by atoms with Gasteiger partial charge in [-0.05, 0) is 44.0 Å². The van der Waals surface area contributed by atoms with Crippen molar-refractivity contribution in [3.05, 3.63) is 52.2 Å². The maximum Gasteiger partial charge on any atom is 0.338 e. The summed E-state index contributed by atoms with van der Waals surface area (Å²) in [5, 5.41) is 0.587. The highest BCUT2D eigenvalue weighted by Crippen LogP contribution is 2.30. The number of hydrogen-bond donors (Lipinski definition) is 0. The smallest absolute Gasteiger partial charge is 0.338 e. The molecule has 3 rings (SSSR count). The molecular weight excluding hydrogens is 378 g/mol. The van der Waals surface area contributed by atoms with E-state index in [1.807, 2.05) is 33.8 Å². The maximum atomic E-state index is 13.0. The molecule has 0 aliphatic carbocycles. The molecule has 0 atom stereocenters. The Kier molecular flexibility index (Phi) is 5.89. The quantitative estimate of drug-likeness (QED) is 0.686. The molecule has 0 spiro atoms. The third kappa shape index (κ3) is 4.12. The molecule has 1 aliphatic rings. The molecule has 28 heavy (non-hydrogen) atoms. The van der Waals surface area contributed by atoms with Crippen molar-refractivity contribution in [1.29, 1.82) is 0 Å². The van der Waals surface area contributed by atoms with Crippen LogP contribution in [0.15, 0.2) is 30.3 Å². The molecule has 1 aliphatic heterocycles. The molecule has 148 valence electrons. The molecule has 0 bridgehead atoms. The Morgan fingerprint density at radius 3 is 2.64 bits per heavy atom. The van der Waals surface area contributed by atoms with E-state index in [4.69, 9.17) is 16.3 Å². The van der Waals surface area contributed by atoms with Crippen molar-refractivity contribution in [3.63, 3.8) is 0 Å². The summed E-state index contributed by atoms with van der Waals surface area (Å²) in [7, 11) is 0. The summed E-state index contributed by atoms with van der Waals surface area (Å²) < 4.78 is 5.29. The van der Waals surface area contributed by atoms with Gasteiger partial charge in [0.05, 0.1) is 12.2 Å². The fourth-order valence-electron chi connectivity index (χ4n) is 3.04. The second-order valence-corrected chi connectivity index (χ2v) is 7.73. The van der Waals surface area contributed by atoms with E-state index in [1.54, 1.807) is 34.1 Å². The van der Waals surface area contributed by atoms with Crippen LogP contribution in [0, 0.1) is 19.8 Å². The average Bonchev–Trinajstić information content (AvgIpc) is 3.04. The fraction of sp³-hybridized carbons (Fsp3) is 0.381. The van der Waals surface area contributed by atoms with Crippen molar-refractivity contribution in [1.82, 2.24) is 4.98 Å². The third-order valence-corrected chi connectivity index (χ3v) is 4.91. The van der Waals surface area contributed by atoms with Crippen LogP contribution in [-0.4, -0.2) is 36.7 Å². The summed E-state index contributed by atoms with van der Waals surface area (Å²) in [5.41, 5.74) is 2.61. The lowest BCUT2D eigenvalue weighted by molar-refractivity contribution is 0.0459. The fourth-order valence-corrected chi connectivity index (χ4v) is 3.29. The van der Waals surface area contributed by atoms with Gasteiger partial charge in [0.25, 0.3) is 0 Å². The molecule has 2 amide bonds. The second kappa shape index (κ2) is 8.19. The van der Waals surface area contributed by atoms with E-state index in [2.05, 4.69) is 4.98 Å². The highest BCUT2D eigenvalue weighted by atomic mass is 35.5. The van der Waals surface area contributed by atoms with Gasteiger partial charge < -0.3 is 4.74 Å². The van der Waals surface area contributed by atoms with Crippen LogP contribution in [0.5, 0.6) is 0 Å². The van der Waals surface area contributed by atoms with Crippen LogP contribution in [0.4, 0.5) is 16.3 Å². The molecular formula is C21H24ClN3O3. The number of hydrogen-bond acceptors (Lipinski definition) is 4. The number of amides is 2. The van der Waals surface area contributed by atoms with Crippen molar-refractivity contribution >= 4 is 35.1 Å². The van der Waals surface area contributed by atoms with Gasteiger partial charge in [-0.25, -0.2) is 14.6 Å². The predicted molar refractivity (Wildman–Crippen MR) is 110 cm³/mol. The minimum atomic E-state index is -0.387. The summed E-state index contributed by atoms with van der Waals surface area (Å²) >= 11 is 6.26. The molecule has 7 heteroatoms. The summed E-state index contributed by atoms with van der Waals surface area (Å²) in [5.74, 6) is 0.449. The number of esters is 1. The number of benzene rings is 1. The van der Waals surface area contributed by atoms with Gasteiger partial charge in [-0.3, -0.25) is 9.80 Å². The molecule has 2 heterocycles.